The molecule has 1 atom stereocenters. The van der Waals surface area contributed by atoms with Crippen molar-refractivity contribution < 1.29 is 28.2 Å². The largest absolute Gasteiger partial charge is 0.503 e. The molecule has 2 N–H and O–H groups in total. The highest BCUT2D eigenvalue weighted by Crippen LogP contribution is 2.38. The predicted octanol–water partition coefficient (Wildman–Crippen LogP) is 2.64. The van der Waals surface area contributed by atoms with Crippen molar-refractivity contribution in [3.8, 4) is 5.75 Å². The Bertz CT molecular complexity index is 1090. The zero-order valence-electron chi connectivity index (χ0n) is 17.5. The van der Waals surface area contributed by atoms with Crippen LogP contribution in [0.3, 0.4) is 0 Å². The van der Waals surface area contributed by atoms with Crippen molar-refractivity contribution in [2.24, 2.45) is 11.3 Å². The van der Waals surface area contributed by atoms with Crippen molar-refractivity contribution in [3.63, 3.8) is 0 Å². The number of carbonyl (C=O) groups is 2. The number of amides is 1. The van der Waals surface area contributed by atoms with Crippen LogP contribution in [0.2, 0.25) is 0 Å². The van der Waals surface area contributed by atoms with Gasteiger partial charge in [-0.05, 0) is 13.0 Å². The maximum Gasteiger partial charge on any atom is 0.257 e. The van der Waals surface area contributed by atoms with Crippen LogP contribution in [0.5, 0.6) is 5.75 Å². The third-order valence-electron chi connectivity index (χ3n) is 5.72. The van der Waals surface area contributed by atoms with Crippen molar-refractivity contribution in [1.82, 2.24) is 9.88 Å². The van der Waals surface area contributed by atoms with Crippen molar-refractivity contribution in [1.29, 1.82) is 0 Å². The number of nitrogens with zero attached hydrogens (tertiary/aromatic N) is 1. The summed E-state index contributed by atoms with van der Waals surface area (Å²) in [6, 6.07) is 2.92. The van der Waals surface area contributed by atoms with E-state index in [9.17, 15) is 28.3 Å². The molecule has 7 nitrogen and oxygen atoms in total. The number of benzene rings is 1. The number of hydrogen-bond acceptors (Lipinski definition) is 5. The second kappa shape index (κ2) is 8.58. The standard InChI is InChI=1S/C22H24F2N2O5/c1-4-31-11-13-9-26-10-15(18(27)19(28)17(26)20(29)22(13,2)3)21(30)25-8-12-5-6-14(23)7-16(12)24/h5-7,10,13,28H,4,8-9,11H2,1-3H3,(H,25,30)/t13-/m1/s1. The Labute approximate surface area is 177 Å². The third kappa shape index (κ3) is 4.23. The zero-order valence-corrected chi connectivity index (χ0v) is 17.5. The first-order chi connectivity index (χ1) is 14.6. The van der Waals surface area contributed by atoms with Gasteiger partial charge in [0.05, 0.1) is 6.61 Å². The van der Waals surface area contributed by atoms with Gasteiger partial charge in [0.2, 0.25) is 5.43 Å². The minimum absolute atomic E-state index is 0.0331. The van der Waals surface area contributed by atoms with E-state index in [1.165, 1.54) is 16.8 Å². The van der Waals surface area contributed by atoms with Crippen LogP contribution in [0.25, 0.3) is 0 Å². The Hall–Kier alpha value is -3.07. The highest BCUT2D eigenvalue weighted by molar-refractivity contribution is 6.03. The molecule has 0 fully saturated rings. The van der Waals surface area contributed by atoms with Gasteiger partial charge in [0.25, 0.3) is 5.91 Å². The van der Waals surface area contributed by atoms with Crippen LogP contribution in [-0.4, -0.2) is 34.6 Å². The molecule has 1 aliphatic rings. The second-order valence-corrected chi connectivity index (χ2v) is 8.05. The summed E-state index contributed by atoms with van der Waals surface area (Å²) in [5.74, 6) is -3.89. The van der Waals surface area contributed by atoms with Crippen LogP contribution in [0.1, 0.15) is 47.2 Å². The Morgan fingerprint density at radius 1 is 1.32 bits per heavy atom. The molecule has 0 unspecified atom stereocenters. The van der Waals surface area contributed by atoms with Crippen molar-refractivity contribution in [2.75, 3.05) is 13.2 Å². The van der Waals surface area contributed by atoms with Gasteiger partial charge in [-0.1, -0.05) is 19.9 Å². The lowest BCUT2D eigenvalue weighted by Crippen LogP contribution is -2.45. The molecule has 1 aromatic heterocycles. The first-order valence-corrected chi connectivity index (χ1v) is 9.89. The van der Waals surface area contributed by atoms with Crippen LogP contribution < -0.4 is 10.7 Å². The van der Waals surface area contributed by atoms with Crippen LogP contribution >= 0.6 is 0 Å². The van der Waals surface area contributed by atoms with Gasteiger partial charge >= 0.3 is 0 Å². The minimum Gasteiger partial charge on any atom is -0.503 e. The molecule has 2 aromatic rings. The quantitative estimate of drug-likeness (QED) is 0.729. The molecule has 31 heavy (non-hydrogen) atoms. The van der Waals surface area contributed by atoms with E-state index in [2.05, 4.69) is 5.32 Å². The Morgan fingerprint density at radius 2 is 2.03 bits per heavy atom. The van der Waals surface area contributed by atoms with E-state index >= 15 is 0 Å². The summed E-state index contributed by atoms with van der Waals surface area (Å²) in [6.07, 6.45) is 1.22. The topological polar surface area (TPSA) is 97.6 Å². The molecule has 3 rings (SSSR count). The van der Waals surface area contributed by atoms with Crippen LogP contribution in [0, 0.1) is 23.0 Å². The summed E-state index contributed by atoms with van der Waals surface area (Å²) in [5, 5.41) is 12.8. The summed E-state index contributed by atoms with van der Waals surface area (Å²) in [6.45, 7) is 6.03. The fourth-order valence-corrected chi connectivity index (χ4v) is 3.61. The van der Waals surface area contributed by atoms with Crippen LogP contribution in [-0.2, 0) is 17.8 Å². The van der Waals surface area contributed by atoms with Gasteiger partial charge < -0.3 is 19.7 Å². The molecule has 0 saturated carbocycles. The molecule has 2 heterocycles. The number of carbonyl (C=O) groups excluding carboxylic acids is 2. The molecule has 9 heteroatoms. The number of pyridine rings is 1. The van der Waals surface area contributed by atoms with E-state index in [1.807, 2.05) is 6.92 Å². The van der Waals surface area contributed by atoms with Gasteiger partial charge in [-0.2, -0.15) is 0 Å². The van der Waals surface area contributed by atoms with E-state index in [-0.39, 0.29) is 35.8 Å². The molecule has 1 aromatic carbocycles. The first kappa shape index (κ1) is 22.6. The average molecular weight is 434 g/mol. The molecule has 0 saturated heterocycles. The lowest BCUT2D eigenvalue weighted by atomic mass is 9.72. The fourth-order valence-electron chi connectivity index (χ4n) is 3.61. The zero-order chi connectivity index (χ0) is 22.9. The fraction of sp³-hybridized carbons (Fsp3) is 0.409. The lowest BCUT2D eigenvalue weighted by Gasteiger charge is -2.39. The van der Waals surface area contributed by atoms with Crippen molar-refractivity contribution in [3.05, 3.63) is 63.1 Å². The van der Waals surface area contributed by atoms with Gasteiger partial charge in [-0.15, -0.1) is 0 Å². The normalized spacial score (nSPS) is 17.3. The summed E-state index contributed by atoms with van der Waals surface area (Å²) < 4.78 is 33.7. The van der Waals surface area contributed by atoms with Gasteiger partial charge in [0, 0.05) is 48.9 Å². The van der Waals surface area contributed by atoms with Crippen LogP contribution in [0.4, 0.5) is 8.78 Å². The van der Waals surface area contributed by atoms with E-state index < -0.39 is 39.9 Å². The Kier molecular flexibility index (Phi) is 6.26. The number of aromatic hydroxyl groups is 1. The second-order valence-electron chi connectivity index (χ2n) is 8.05. The SMILES string of the molecule is CCOC[C@H]1Cn2cc(C(=O)NCc3ccc(F)cc3F)c(=O)c(O)c2C(=O)C1(C)C. The summed E-state index contributed by atoms with van der Waals surface area (Å²) >= 11 is 0. The van der Waals surface area contributed by atoms with Crippen molar-refractivity contribution in [2.45, 2.75) is 33.9 Å². The van der Waals surface area contributed by atoms with Gasteiger partial charge in [0.1, 0.15) is 22.9 Å². The third-order valence-corrected chi connectivity index (χ3v) is 5.72. The summed E-state index contributed by atoms with van der Waals surface area (Å²) in [5.41, 5.74) is -2.36. The molecule has 0 radical (unpaired) electrons. The van der Waals surface area contributed by atoms with Gasteiger partial charge in [-0.25, -0.2) is 8.78 Å². The maximum atomic E-state index is 13.8. The van der Waals surface area contributed by atoms with Crippen molar-refractivity contribution >= 4 is 11.7 Å². The highest BCUT2D eigenvalue weighted by Gasteiger charge is 2.44. The number of ether oxygens (including phenoxy) is 1. The van der Waals surface area contributed by atoms with E-state index in [0.29, 0.717) is 19.3 Å². The number of Topliss-reactive ketones (excluding diaryl/α,β-unsaturated/α-hetero) is 1. The predicted molar refractivity (Wildman–Crippen MR) is 108 cm³/mol. The first-order valence-electron chi connectivity index (χ1n) is 9.89. The summed E-state index contributed by atoms with van der Waals surface area (Å²) in [4.78, 5) is 38.2. The van der Waals surface area contributed by atoms with E-state index in [4.69, 9.17) is 4.74 Å². The molecule has 166 valence electrons. The molecule has 0 spiro atoms. The average Bonchev–Trinajstić information content (AvgIpc) is 2.71. The Balaban J connectivity index is 1.91. The number of aromatic nitrogens is 1. The molecule has 1 aliphatic heterocycles. The van der Waals surface area contributed by atoms with Gasteiger partial charge in [-0.3, -0.25) is 14.4 Å². The van der Waals surface area contributed by atoms with Gasteiger partial charge in [0.15, 0.2) is 11.5 Å². The number of halogens is 2. The molecule has 0 aliphatic carbocycles. The van der Waals surface area contributed by atoms with E-state index in [1.54, 1.807) is 13.8 Å². The molecule has 1 amide bonds. The minimum atomic E-state index is -0.990. The number of rotatable bonds is 6. The highest BCUT2D eigenvalue weighted by atomic mass is 19.1. The molecular formula is C22H24F2N2O5. The molecule has 0 bridgehead atoms. The number of nitrogens with one attached hydrogen (secondary N) is 1. The van der Waals surface area contributed by atoms with Crippen LogP contribution in [0.15, 0.2) is 29.2 Å². The number of hydrogen-bond donors (Lipinski definition) is 2. The smallest absolute Gasteiger partial charge is 0.257 e. The van der Waals surface area contributed by atoms with E-state index in [0.717, 1.165) is 6.07 Å². The summed E-state index contributed by atoms with van der Waals surface area (Å²) in [7, 11) is 0. The molecular weight excluding hydrogens is 410 g/mol. The Morgan fingerprint density at radius 3 is 2.68 bits per heavy atom. The maximum absolute atomic E-state index is 13.8. The number of ketones is 1. The number of fused-ring (bicyclic) bond motifs is 1. The monoisotopic (exact) mass is 434 g/mol. The lowest BCUT2D eigenvalue weighted by molar-refractivity contribution is 0.0295.